The third-order valence-electron chi connectivity index (χ3n) is 4.08. The Hall–Kier alpha value is -3.35. The number of anilines is 1. The molecule has 7 heteroatoms. The molecule has 2 aromatic rings. The van der Waals surface area contributed by atoms with Crippen LogP contribution < -0.4 is 4.90 Å². The summed E-state index contributed by atoms with van der Waals surface area (Å²) in [7, 11) is 0. The lowest BCUT2D eigenvalue weighted by molar-refractivity contribution is -0.122. The van der Waals surface area contributed by atoms with E-state index in [0.29, 0.717) is 0 Å². The van der Waals surface area contributed by atoms with E-state index in [0.717, 1.165) is 23.1 Å². The topological polar surface area (TPSA) is 74.7 Å². The molecule has 2 aromatic carbocycles. The second-order valence-corrected chi connectivity index (χ2v) is 5.80. The fourth-order valence-corrected chi connectivity index (χ4v) is 2.82. The molecule has 1 aliphatic heterocycles. The summed E-state index contributed by atoms with van der Waals surface area (Å²) in [5, 5.41) is 10.5. The minimum absolute atomic E-state index is 0.128. The highest BCUT2D eigenvalue weighted by molar-refractivity contribution is 6.42. The molecule has 0 saturated heterocycles. The summed E-state index contributed by atoms with van der Waals surface area (Å²) in [5.74, 6) is -4.57. The van der Waals surface area contributed by atoms with E-state index in [2.05, 4.69) is 0 Å². The smallest absolute Gasteiger partial charge is 0.269 e. The van der Waals surface area contributed by atoms with E-state index in [1.807, 2.05) is 0 Å². The molecule has 0 radical (unpaired) electrons. The molecule has 0 unspecified atom stereocenters. The van der Waals surface area contributed by atoms with Crippen LogP contribution in [0.25, 0.3) is 11.3 Å². The summed E-state index contributed by atoms with van der Waals surface area (Å²) in [6.45, 7) is 2.51. The van der Waals surface area contributed by atoms with Gasteiger partial charge in [0.15, 0.2) is 17.4 Å². The van der Waals surface area contributed by atoms with Gasteiger partial charge in [0.2, 0.25) is 5.91 Å². The molecule has 1 aliphatic rings. The van der Waals surface area contributed by atoms with Crippen molar-refractivity contribution in [2.45, 2.75) is 13.8 Å². The Bertz CT molecular complexity index is 1010. The number of carbonyl (C=O) groups excluding carboxylic acids is 3. The maximum Gasteiger partial charge on any atom is 0.269 e. The average Bonchev–Trinajstić information content (AvgIpc) is 2.87. The number of benzene rings is 2. The molecule has 1 N–H and O–H groups in total. The standard InChI is InChI=1S/C19H13F2NO4/c1-9(23)11-4-6-16-13(7-11)17(19(26)22(16)10(2)24)18(25)12-3-5-14(20)15(21)8-12/h3-8,25H,1-2H3/b18-17-. The fourth-order valence-electron chi connectivity index (χ4n) is 2.82. The van der Waals surface area contributed by atoms with E-state index in [1.165, 1.54) is 32.0 Å². The molecule has 0 aromatic heterocycles. The largest absolute Gasteiger partial charge is 0.506 e. The molecule has 1 heterocycles. The van der Waals surface area contributed by atoms with Crippen LogP contribution in [0.4, 0.5) is 14.5 Å². The van der Waals surface area contributed by atoms with Crippen LogP contribution in [0.3, 0.4) is 0 Å². The Kier molecular flexibility index (Phi) is 4.15. The monoisotopic (exact) mass is 357 g/mol. The highest BCUT2D eigenvalue weighted by atomic mass is 19.2. The molecular weight excluding hydrogens is 344 g/mol. The van der Waals surface area contributed by atoms with Crippen molar-refractivity contribution in [1.29, 1.82) is 0 Å². The highest BCUT2D eigenvalue weighted by Gasteiger charge is 2.38. The van der Waals surface area contributed by atoms with Crippen molar-refractivity contribution in [2.75, 3.05) is 4.90 Å². The molecule has 0 fully saturated rings. The molecule has 26 heavy (non-hydrogen) atoms. The van der Waals surface area contributed by atoms with Crippen molar-refractivity contribution >= 4 is 34.6 Å². The summed E-state index contributed by atoms with van der Waals surface area (Å²) >= 11 is 0. The van der Waals surface area contributed by atoms with Crippen LogP contribution >= 0.6 is 0 Å². The summed E-state index contributed by atoms with van der Waals surface area (Å²) in [6.07, 6.45) is 0. The van der Waals surface area contributed by atoms with Crippen LogP contribution in [0.2, 0.25) is 0 Å². The summed E-state index contributed by atoms with van der Waals surface area (Å²) < 4.78 is 26.6. The van der Waals surface area contributed by atoms with E-state index in [1.54, 1.807) is 0 Å². The Morgan fingerprint density at radius 2 is 1.62 bits per heavy atom. The first-order valence-corrected chi connectivity index (χ1v) is 7.61. The Morgan fingerprint density at radius 1 is 0.962 bits per heavy atom. The minimum atomic E-state index is -1.19. The summed E-state index contributed by atoms with van der Waals surface area (Å²) in [6, 6.07) is 6.94. The first kappa shape index (κ1) is 17.5. The molecule has 132 valence electrons. The predicted octanol–water partition coefficient (Wildman–Crippen LogP) is 3.49. The molecule has 0 bridgehead atoms. The van der Waals surface area contributed by atoms with E-state index in [4.69, 9.17) is 0 Å². The number of aliphatic hydroxyl groups excluding tert-OH is 1. The van der Waals surface area contributed by atoms with Gasteiger partial charge in [0, 0.05) is 23.6 Å². The van der Waals surface area contributed by atoms with Crippen molar-refractivity contribution in [2.24, 2.45) is 0 Å². The van der Waals surface area contributed by atoms with Crippen molar-refractivity contribution in [1.82, 2.24) is 0 Å². The molecular formula is C19H13F2NO4. The van der Waals surface area contributed by atoms with Crippen LogP contribution in [0.1, 0.15) is 35.3 Å². The Labute approximate surface area is 147 Å². The first-order chi connectivity index (χ1) is 12.2. The van der Waals surface area contributed by atoms with Crippen LogP contribution in [-0.4, -0.2) is 22.7 Å². The summed E-state index contributed by atoms with van der Waals surface area (Å²) in [4.78, 5) is 37.0. The number of nitrogens with zero attached hydrogens (tertiary/aromatic N) is 1. The third-order valence-corrected chi connectivity index (χ3v) is 4.08. The van der Waals surface area contributed by atoms with Gasteiger partial charge in [0.1, 0.15) is 5.76 Å². The van der Waals surface area contributed by atoms with Gasteiger partial charge in [-0.1, -0.05) is 0 Å². The summed E-state index contributed by atoms with van der Waals surface area (Å²) in [5.41, 5.74) is 0.260. The number of imide groups is 1. The number of rotatable bonds is 2. The van der Waals surface area contributed by atoms with Crippen LogP contribution in [0.5, 0.6) is 0 Å². The van der Waals surface area contributed by atoms with E-state index in [9.17, 15) is 28.3 Å². The SMILES string of the molecule is CC(=O)c1ccc2c(c1)/C(=C(/O)c1ccc(F)c(F)c1)C(=O)N2C(C)=O. The lowest BCUT2D eigenvalue weighted by atomic mass is 9.99. The lowest BCUT2D eigenvalue weighted by Gasteiger charge is -2.12. The number of amides is 2. The molecule has 0 atom stereocenters. The molecule has 0 saturated carbocycles. The van der Waals surface area contributed by atoms with E-state index < -0.39 is 29.2 Å². The zero-order chi connectivity index (χ0) is 19.2. The third kappa shape index (κ3) is 2.67. The Balaban J connectivity index is 2.29. The lowest BCUT2D eigenvalue weighted by Crippen LogP contribution is -2.31. The van der Waals surface area contributed by atoms with Gasteiger partial charge in [0.05, 0.1) is 11.3 Å². The van der Waals surface area contributed by atoms with Gasteiger partial charge < -0.3 is 5.11 Å². The first-order valence-electron chi connectivity index (χ1n) is 7.61. The zero-order valence-corrected chi connectivity index (χ0v) is 13.8. The zero-order valence-electron chi connectivity index (χ0n) is 13.8. The van der Waals surface area contributed by atoms with E-state index >= 15 is 0 Å². The highest BCUT2D eigenvalue weighted by Crippen LogP contribution is 2.41. The number of hydrogen-bond donors (Lipinski definition) is 1. The quantitative estimate of drug-likeness (QED) is 0.507. The van der Waals surface area contributed by atoms with Crippen LogP contribution in [0.15, 0.2) is 36.4 Å². The number of Topliss-reactive ketones (excluding diaryl/α,β-unsaturated/α-hetero) is 1. The molecule has 0 spiro atoms. The number of carbonyl (C=O) groups is 3. The molecule has 3 rings (SSSR count). The normalized spacial score (nSPS) is 15.1. The number of fused-ring (bicyclic) bond motifs is 1. The minimum Gasteiger partial charge on any atom is -0.506 e. The fraction of sp³-hybridized carbons (Fsp3) is 0.105. The molecule has 5 nitrogen and oxygen atoms in total. The second kappa shape index (κ2) is 6.18. The van der Waals surface area contributed by atoms with Gasteiger partial charge in [0.25, 0.3) is 5.91 Å². The second-order valence-electron chi connectivity index (χ2n) is 5.80. The number of ketones is 1. The van der Waals surface area contributed by atoms with Crippen LogP contribution in [0, 0.1) is 11.6 Å². The maximum absolute atomic E-state index is 13.5. The van der Waals surface area contributed by atoms with Crippen molar-refractivity contribution in [3.05, 3.63) is 64.7 Å². The van der Waals surface area contributed by atoms with Gasteiger partial charge in [-0.15, -0.1) is 0 Å². The van der Waals surface area contributed by atoms with Crippen molar-refractivity contribution in [3.63, 3.8) is 0 Å². The average molecular weight is 357 g/mol. The number of halogens is 2. The Morgan fingerprint density at radius 3 is 2.19 bits per heavy atom. The van der Waals surface area contributed by atoms with Gasteiger partial charge in [-0.25, -0.2) is 13.7 Å². The van der Waals surface area contributed by atoms with Gasteiger partial charge in [-0.3, -0.25) is 14.4 Å². The van der Waals surface area contributed by atoms with Gasteiger partial charge in [-0.2, -0.15) is 0 Å². The van der Waals surface area contributed by atoms with Crippen molar-refractivity contribution < 1.29 is 28.3 Å². The molecule has 0 aliphatic carbocycles. The van der Waals surface area contributed by atoms with Gasteiger partial charge >= 0.3 is 0 Å². The predicted molar refractivity (Wildman–Crippen MR) is 90.4 cm³/mol. The van der Waals surface area contributed by atoms with Gasteiger partial charge in [-0.05, 0) is 43.3 Å². The van der Waals surface area contributed by atoms with Crippen LogP contribution in [-0.2, 0) is 9.59 Å². The maximum atomic E-state index is 13.5. The number of aliphatic hydroxyl groups is 1. The van der Waals surface area contributed by atoms with E-state index in [-0.39, 0.29) is 33.7 Å². The van der Waals surface area contributed by atoms with Crippen molar-refractivity contribution in [3.8, 4) is 0 Å². The molecule has 2 amide bonds. The number of hydrogen-bond acceptors (Lipinski definition) is 4.